The van der Waals surface area contributed by atoms with E-state index in [1.54, 1.807) is 12.1 Å². The summed E-state index contributed by atoms with van der Waals surface area (Å²) in [7, 11) is 0. The summed E-state index contributed by atoms with van der Waals surface area (Å²) in [5.74, 6) is 1.34. The van der Waals surface area contributed by atoms with Crippen molar-refractivity contribution in [1.29, 1.82) is 0 Å². The van der Waals surface area contributed by atoms with E-state index in [9.17, 15) is 4.39 Å². The van der Waals surface area contributed by atoms with E-state index in [0.29, 0.717) is 30.2 Å². The fourth-order valence-electron chi connectivity index (χ4n) is 3.81. The van der Waals surface area contributed by atoms with Gasteiger partial charge in [0, 0.05) is 35.7 Å². The molecule has 5 rings (SSSR count). The van der Waals surface area contributed by atoms with Gasteiger partial charge in [-0.1, -0.05) is 35.9 Å². The second kappa shape index (κ2) is 7.04. The van der Waals surface area contributed by atoms with Gasteiger partial charge in [0.15, 0.2) is 0 Å². The van der Waals surface area contributed by atoms with Crippen LogP contribution in [0, 0.1) is 5.82 Å². The molecule has 0 atom stereocenters. The molecule has 0 aliphatic carbocycles. The first-order valence-electron chi connectivity index (χ1n) is 9.25. The van der Waals surface area contributed by atoms with Gasteiger partial charge < -0.3 is 9.64 Å². The minimum atomic E-state index is -0.259. The van der Waals surface area contributed by atoms with Gasteiger partial charge in [-0.15, -0.1) is 10.2 Å². The molecule has 3 aromatic rings. The third kappa shape index (κ3) is 2.89. The number of ether oxygens (including phenoxy) is 1. The minimum absolute atomic E-state index is 0.259. The predicted octanol–water partition coefficient (Wildman–Crippen LogP) is 3.88. The standard InChI is InChI=1S/C21H18ClFN4O/c22-14-5-7-19-17(13-14)15(16-3-1-2-4-18(16)23)6-8-20-24-25-21(27(19)20)26-9-11-28-12-10-26/h1-7,13H,8-12H2. The Kier molecular flexibility index (Phi) is 4.37. The number of nitrogens with zero attached hydrogens (tertiary/aromatic N) is 4. The second-order valence-corrected chi connectivity index (χ2v) is 7.25. The molecule has 7 heteroatoms. The molecular weight excluding hydrogens is 379 g/mol. The summed E-state index contributed by atoms with van der Waals surface area (Å²) < 4.78 is 22.1. The van der Waals surface area contributed by atoms with E-state index in [1.807, 2.05) is 30.3 Å². The molecule has 0 saturated carbocycles. The van der Waals surface area contributed by atoms with E-state index in [1.165, 1.54) is 6.07 Å². The van der Waals surface area contributed by atoms with Crippen LogP contribution in [0.2, 0.25) is 5.02 Å². The molecule has 1 fully saturated rings. The highest BCUT2D eigenvalue weighted by molar-refractivity contribution is 6.30. The van der Waals surface area contributed by atoms with Crippen LogP contribution in [0.5, 0.6) is 0 Å². The Morgan fingerprint density at radius 2 is 1.82 bits per heavy atom. The maximum absolute atomic E-state index is 14.6. The third-order valence-electron chi connectivity index (χ3n) is 5.15. The second-order valence-electron chi connectivity index (χ2n) is 6.81. The molecule has 3 heterocycles. The van der Waals surface area contributed by atoms with Crippen molar-refractivity contribution in [2.45, 2.75) is 6.42 Å². The molecule has 1 aromatic heterocycles. The number of rotatable bonds is 2. The summed E-state index contributed by atoms with van der Waals surface area (Å²) in [5, 5.41) is 9.47. The number of aromatic nitrogens is 3. The van der Waals surface area contributed by atoms with Crippen LogP contribution >= 0.6 is 11.6 Å². The van der Waals surface area contributed by atoms with Gasteiger partial charge in [0.2, 0.25) is 5.95 Å². The number of hydrogen-bond acceptors (Lipinski definition) is 4. The molecular formula is C21H18ClFN4O. The van der Waals surface area contributed by atoms with Gasteiger partial charge in [0.25, 0.3) is 0 Å². The Bertz CT molecular complexity index is 1070. The Morgan fingerprint density at radius 1 is 1.00 bits per heavy atom. The van der Waals surface area contributed by atoms with Crippen LogP contribution in [-0.2, 0) is 11.2 Å². The Labute approximate surface area is 167 Å². The summed E-state index contributed by atoms with van der Waals surface area (Å²) >= 11 is 6.32. The Balaban J connectivity index is 1.70. The summed E-state index contributed by atoms with van der Waals surface area (Å²) in [6.07, 6.45) is 2.55. The summed E-state index contributed by atoms with van der Waals surface area (Å²) in [5.41, 5.74) is 3.13. The van der Waals surface area contributed by atoms with Crippen LogP contribution in [-0.4, -0.2) is 41.1 Å². The van der Waals surface area contributed by atoms with Gasteiger partial charge in [-0.25, -0.2) is 4.39 Å². The zero-order valence-corrected chi connectivity index (χ0v) is 15.9. The molecule has 0 unspecified atom stereocenters. The van der Waals surface area contributed by atoms with Crippen molar-refractivity contribution in [2.75, 3.05) is 31.2 Å². The van der Waals surface area contributed by atoms with Crippen molar-refractivity contribution in [2.24, 2.45) is 0 Å². The van der Waals surface area contributed by atoms with Crippen LogP contribution in [0.15, 0.2) is 48.5 Å². The lowest BCUT2D eigenvalue weighted by atomic mass is 9.95. The summed E-state index contributed by atoms with van der Waals surface area (Å²) in [4.78, 5) is 2.17. The van der Waals surface area contributed by atoms with Crippen molar-refractivity contribution in [1.82, 2.24) is 14.8 Å². The van der Waals surface area contributed by atoms with E-state index in [2.05, 4.69) is 19.7 Å². The van der Waals surface area contributed by atoms with E-state index in [-0.39, 0.29) is 5.82 Å². The van der Waals surface area contributed by atoms with Crippen LogP contribution in [0.25, 0.3) is 11.3 Å². The lowest BCUT2D eigenvalue weighted by Crippen LogP contribution is -2.38. The zero-order valence-electron chi connectivity index (χ0n) is 15.1. The van der Waals surface area contributed by atoms with E-state index >= 15 is 0 Å². The number of halogens is 2. The number of morpholine rings is 1. The maximum Gasteiger partial charge on any atom is 0.232 e. The van der Waals surface area contributed by atoms with Crippen LogP contribution in [0.1, 0.15) is 17.0 Å². The molecule has 5 nitrogen and oxygen atoms in total. The van der Waals surface area contributed by atoms with E-state index < -0.39 is 0 Å². The molecule has 28 heavy (non-hydrogen) atoms. The van der Waals surface area contributed by atoms with Gasteiger partial charge in [-0.3, -0.25) is 4.57 Å². The highest BCUT2D eigenvalue weighted by atomic mass is 35.5. The number of benzene rings is 2. The number of fused-ring (bicyclic) bond motifs is 3. The van der Waals surface area contributed by atoms with Gasteiger partial charge in [-0.05, 0) is 29.8 Å². The number of anilines is 1. The molecule has 0 bridgehead atoms. The smallest absolute Gasteiger partial charge is 0.232 e. The fraction of sp³-hybridized carbons (Fsp3) is 0.238. The summed E-state index contributed by atoms with van der Waals surface area (Å²) in [6, 6.07) is 12.5. The van der Waals surface area contributed by atoms with Gasteiger partial charge in [0.1, 0.15) is 11.6 Å². The first kappa shape index (κ1) is 17.4. The van der Waals surface area contributed by atoms with Crippen molar-refractivity contribution >= 4 is 23.1 Å². The van der Waals surface area contributed by atoms with Crippen LogP contribution in [0.4, 0.5) is 10.3 Å². The van der Waals surface area contributed by atoms with Gasteiger partial charge >= 0.3 is 0 Å². The van der Waals surface area contributed by atoms with Crippen molar-refractivity contribution in [3.05, 3.63) is 76.3 Å². The molecule has 2 aromatic carbocycles. The first-order valence-corrected chi connectivity index (χ1v) is 9.62. The lowest BCUT2D eigenvalue weighted by molar-refractivity contribution is 0.122. The predicted molar refractivity (Wildman–Crippen MR) is 107 cm³/mol. The number of hydrogen-bond donors (Lipinski definition) is 0. The van der Waals surface area contributed by atoms with E-state index in [4.69, 9.17) is 16.3 Å². The molecule has 0 amide bonds. The topological polar surface area (TPSA) is 43.2 Å². The summed E-state index contributed by atoms with van der Waals surface area (Å²) in [6.45, 7) is 2.84. The average Bonchev–Trinajstić information content (AvgIpc) is 3.07. The van der Waals surface area contributed by atoms with Gasteiger partial charge in [0.05, 0.1) is 18.9 Å². The molecule has 0 radical (unpaired) electrons. The highest BCUT2D eigenvalue weighted by Crippen LogP contribution is 2.37. The number of allylic oxidation sites excluding steroid dienone is 1. The quantitative estimate of drug-likeness (QED) is 0.659. The lowest BCUT2D eigenvalue weighted by Gasteiger charge is -2.28. The van der Waals surface area contributed by atoms with Crippen molar-refractivity contribution in [3.63, 3.8) is 0 Å². The van der Waals surface area contributed by atoms with Crippen LogP contribution < -0.4 is 4.90 Å². The van der Waals surface area contributed by atoms with Gasteiger partial charge in [-0.2, -0.15) is 0 Å². The highest BCUT2D eigenvalue weighted by Gasteiger charge is 2.26. The minimum Gasteiger partial charge on any atom is -0.378 e. The molecule has 1 saturated heterocycles. The molecule has 0 spiro atoms. The van der Waals surface area contributed by atoms with Crippen molar-refractivity contribution in [3.8, 4) is 5.69 Å². The zero-order chi connectivity index (χ0) is 19.1. The molecule has 142 valence electrons. The molecule has 2 aliphatic rings. The third-order valence-corrected chi connectivity index (χ3v) is 5.38. The first-order chi connectivity index (χ1) is 13.7. The fourth-order valence-corrected chi connectivity index (χ4v) is 3.98. The largest absolute Gasteiger partial charge is 0.378 e. The monoisotopic (exact) mass is 396 g/mol. The maximum atomic E-state index is 14.6. The Hall–Kier alpha value is -2.70. The molecule has 2 aliphatic heterocycles. The average molecular weight is 397 g/mol. The van der Waals surface area contributed by atoms with E-state index in [0.717, 1.165) is 41.7 Å². The van der Waals surface area contributed by atoms with Crippen molar-refractivity contribution < 1.29 is 9.13 Å². The Morgan fingerprint density at radius 3 is 2.64 bits per heavy atom. The normalized spacial score (nSPS) is 16.2. The molecule has 0 N–H and O–H groups in total. The van der Waals surface area contributed by atoms with Crippen LogP contribution in [0.3, 0.4) is 0 Å². The SMILES string of the molecule is Fc1ccccc1C1=CCc2nnc(N3CCOCC3)n2-c2ccc(Cl)cc21.